The van der Waals surface area contributed by atoms with Crippen LogP contribution in [0.15, 0.2) is 36.4 Å². The van der Waals surface area contributed by atoms with Gasteiger partial charge < -0.3 is 14.5 Å². The van der Waals surface area contributed by atoms with E-state index in [1.165, 1.54) is 0 Å². The van der Waals surface area contributed by atoms with Gasteiger partial charge in [-0.3, -0.25) is 4.52 Å². The van der Waals surface area contributed by atoms with E-state index in [1.54, 1.807) is 31.2 Å². The minimum atomic E-state index is -4.55. The van der Waals surface area contributed by atoms with Crippen molar-refractivity contribution in [2.24, 2.45) is 0 Å². The number of hydrogen-bond donors (Lipinski definition) is 2. The highest BCUT2D eigenvalue weighted by atomic mass is 79.9. The maximum atomic E-state index is 11.2. The van der Waals surface area contributed by atoms with Gasteiger partial charge in [0.2, 0.25) is 0 Å². The summed E-state index contributed by atoms with van der Waals surface area (Å²) >= 11 is 3.16. The average Bonchev–Trinajstić information content (AvgIpc) is 2.44. The number of carbonyl (C=O) groups excluding carboxylic acids is 1. The lowest BCUT2D eigenvalue weighted by Gasteiger charge is -2.16. The van der Waals surface area contributed by atoms with Gasteiger partial charge >= 0.3 is 13.8 Å². The first-order chi connectivity index (χ1) is 10.2. The van der Waals surface area contributed by atoms with Crippen molar-refractivity contribution in [3.05, 3.63) is 47.5 Å². The Hall–Kier alpha value is -0.980. The molecule has 122 valence electrons. The van der Waals surface area contributed by atoms with Crippen LogP contribution in [0.2, 0.25) is 0 Å². The molecule has 1 unspecified atom stereocenters. The summed E-state index contributed by atoms with van der Waals surface area (Å²) in [5, 5.41) is 0.258. The summed E-state index contributed by atoms with van der Waals surface area (Å²) < 4.78 is 20.6. The first-order valence-electron chi connectivity index (χ1n) is 6.44. The van der Waals surface area contributed by atoms with E-state index in [4.69, 9.17) is 19.0 Å². The standard InChI is InChI=1S/C14H18BrO6P/c1-10(2)14(16)20-8-7-11-3-5-12(6-4-11)13(9-15)21-22(17,18)19/h3-6,13H,1,7-9H2,2H3,(H2,17,18,19). The molecule has 8 heteroatoms. The fourth-order valence-electron chi connectivity index (χ4n) is 1.63. The van der Waals surface area contributed by atoms with Crippen LogP contribution in [0.3, 0.4) is 0 Å². The summed E-state index contributed by atoms with van der Waals surface area (Å²) in [7, 11) is -4.55. The summed E-state index contributed by atoms with van der Waals surface area (Å²) in [5.41, 5.74) is 1.93. The molecule has 0 heterocycles. The monoisotopic (exact) mass is 392 g/mol. The predicted molar refractivity (Wildman–Crippen MR) is 85.6 cm³/mol. The highest BCUT2D eigenvalue weighted by Gasteiger charge is 2.22. The number of halogens is 1. The number of rotatable bonds is 8. The number of ether oxygens (including phenoxy) is 1. The molecule has 1 rings (SSSR count). The van der Waals surface area contributed by atoms with E-state index < -0.39 is 19.9 Å². The number of phosphoric acid groups is 1. The molecule has 1 aromatic rings. The lowest BCUT2D eigenvalue weighted by atomic mass is 10.1. The predicted octanol–water partition coefficient (Wildman–Crippen LogP) is 2.89. The fourth-order valence-corrected chi connectivity index (χ4v) is 2.87. The lowest BCUT2D eigenvalue weighted by Crippen LogP contribution is -2.08. The van der Waals surface area contributed by atoms with Crippen molar-refractivity contribution in [1.29, 1.82) is 0 Å². The van der Waals surface area contributed by atoms with Crippen LogP contribution in [0.25, 0.3) is 0 Å². The summed E-state index contributed by atoms with van der Waals surface area (Å²) in [4.78, 5) is 29.0. The Labute approximate surface area is 137 Å². The smallest absolute Gasteiger partial charge is 0.462 e. The Morgan fingerprint density at radius 3 is 2.41 bits per heavy atom. The van der Waals surface area contributed by atoms with E-state index in [0.29, 0.717) is 17.6 Å². The summed E-state index contributed by atoms with van der Waals surface area (Å²) in [6.07, 6.45) is -0.200. The molecule has 0 aromatic heterocycles. The number of benzene rings is 1. The second kappa shape index (κ2) is 8.60. The summed E-state index contributed by atoms with van der Waals surface area (Å²) in [5.74, 6) is -0.425. The second-order valence-electron chi connectivity index (χ2n) is 4.65. The van der Waals surface area contributed by atoms with E-state index in [-0.39, 0.29) is 11.9 Å². The molecule has 0 saturated carbocycles. The molecule has 0 amide bonds. The highest BCUT2D eigenvalue weighted by molar-refractivity contribution is 9.09. The van der Waals surface area contributed by atoms with Crippen molar-refractivity contribution in [3.63, 3.8) is 0 Å². The molecular weight excluding hydrogens is 375 g/mol. The third-order valence-electron chi connectivity index (χ3n) is 2.73. The number of alkyl halides is 1. The van der Waals surface area contributed by atoms with Crippen molar-refractivity contribution in [2.75, 3.05) is 11.9 Å². The highest BCUT2D eigenvalue weighted by Crippen LogP contribution is 2.42. The van der Waals surface area contributed by atoms with Crippen LogP contribution in [-0.2, 0) is 25.0 Å². The zero-order valence-corrected chi connectivity index (χ0v) is 14.5. The van der Waals surface area contributed by atoms with E-state index in [0.717, 1.165) is 5.56 Å². The summed E-state index contributed by atoms with van der Waals surface area (Å²) in [6.45, 7) is 5.32. The van der Waals surface area contributed by atoms with E-state index >= 15 is 0 Å². The van der Waals surface area contributed by atoms with Crippen LogP contribution in [0.4, 0.5) is 0 Å². The molecule has 0 aliphatic rings. The molecule has 22 heavy (non-hydrogen) atoms. The van der Waals surface area contributed by atoms with Gasteiger partial charge in [0.1, 0.15) is 6.10 Å². The van der Waals surface area contributed by atoms with Crippen LogP contribution >= 0.6 is 23.8 Å². The maximum Gasteiger partial charge on any atom is 0.470 e. The molecule has 0 aliphatic heterocycles. The fraction of sp³-hybridized carbons (Fsp3) is 0.357. The minimum Gasteiger partial charge on any atom is -0.462 e. The number of hydrogen-bond acceptors (Lipinski definition) is 4. The van der Waals surface area contributed by atoms with Gasteiger partial charge in [-0.15, -0.1) is 0 Å². The van der Waals surface area contributed by atoms with Crippen molar-refractivity contribution < 1.29 is 28.4 Å². The Morgan fingerprint density at radius 2 is 1.95 bits per heavy atom. The molecule has 6 nitrogen and oxygen atoms in total. The van der Waals surface area contributed by atoms with Gasteiger partial charge in [-0.25, -0.2) is 9.36 Å². The first kappa shape index (κ1) is 19.1. The van der Waals surface area contributed by atoms with Gasteiger partial charge in [0, 0.05) is 17.3 Å². The number of carbonyl (C=O) groups is 1. The molecule has 0 radical (unpaired) electrons. The van der Waals surface area contributed by atoms with Gasteiger partial charge in [-0.2, -0.15) is 0 Å². The SMILES string of the molecule is C=C(C)C(=O)OCCc1ccc(C(CBr)OP(=O)(O)O)cc1. The number of phosphoric ester groups is 1. The quantitative estimate of drug-likeness (QED) is 0.305. The third-order valence-corrected chi connectivity index (χ3v) is 3.85. The Balaban J connectivity index is 2.60. The Kier molecular flexibility index (Phi) is 7.45. The molecule has 0 saturated heterocycles. The van der Waals surface area contributed by atoms with Crippen molar-refractivity contribution in [2.45, 2.75) is 19.4 Å². The number of esters is 1. The largest absolute Gasteiger partial charge is 0.470 e. The van der Waals surface area contributed by atoms with Crippen molar-refractivity contribution in [1.82, 2.24) is 0 Å². The average molecular weight is 393 g/mol. The Morgan fingerprint density at radius 1 is 1.36 bits per heavy atom. The van der Waals surface area contributed by atoms with Gasteiger partial charge in [0.25, 0.3) is 0 Å². The molecule has 1 aromatic carbocycles. The maximum absolute atomic E-state index is 11.2. The van der Waals surface area contributed by atoms with Crippen LogP contribution in [0.5, 0.6) is 0 Å². The molecule has 0 bridgehead atoms. The van der Waals surface area contributed by atoms with Crippen LogP contribution in [-0.4, -0.2) is 27.7 Å². The second-order valence-corrected chi connectivity index (χ2v) is 6.49. The van der Waals surface area contributed by atoms with Gasteiger partial charge in [-0.05, 0) is 18.1 Å². The molecule has 0 aliphatic carbocycles. The summed E-state index contributed by atoms with van der Waals surface area (Å²) in [6, 6.07) is 7.03. The third kappa shape index (κ3) is 6.85. The molecule has 1 atom stereocenters. The molecule has 2 N–H and O–H groups in total. The van der Waals surface area contributed by atoms with E-state index in [1.807, 2.05) is 0 Å². The van der Waals surface area contributed by atoms with Crippen LogP contribution in [0, 0.1) is 0 Å². The topological polar surface area (TPSA) is 93.1 Å². The zero-order chi connectivity index (χ0) is 16.8. The van der Waals surface area contributed by atoms with Crippen molar-refractivity contribution in [3.8, 4) is 0 Å². The molecule has 0 fully saturated rings. The van der Waals surface area contributed by atoms with E-state index in [9.17, 15) is 9.36 Å². The van der Waals surface area contributed by atoms with Gasteiger partial charge in [-0.1, -0.05) is 46.8 Å². The van der Waals surface area contributed by atoms with E-state index in [2.05, 4.69) is 22.5 Å². The van der Waals surface area contributed by atoms with Crippen LogP contribution in [0.1, 0.15) is 24.2 Å². The lowest BCUT2D eigenvalue weighted by molar-refractivity contribution is -0.138. The van der Waals surface area contributed by atoms with Gasteiger partial charge in [0.05, 0.1) is 6.61 Å². The van der Waals surface area contributed by atoms with Crippen molar-refractivity contribution >= 4 is 29.7 Å². The Bertz CT molecular complexity index is 565. The van der Waals surface area contributed by atoms with Gasteiger partial charge in [0.15, 0.2) is 0 Å². The normalized spacial score (nSPS) is 12.7. The minimum absolute atomic E-state index is 0.242. The first-order valence-corrected chi connectivity index (χ1v) is 9.09. The molecule has 0 spiro atoms. The molecular formula is C14H18BrO6P. The zero-order valence-electron chi connectivity index (χ0n) is 12.1. The van der Waals surface area contributed by atoms with Crippen LogP contribution < -0.4 is 0 Å².